The summed E-state index contributed by atoms with van der Waals surface area (Å²) in [6.45, 7) is 4.70. The van der Waals surface area contributed by atoms with Crippen molar-refractivity contribution in [2.24, 2.45) is 0 Å². The Morgan fingerprint density at radius 2 is 2.30 bits per heavy atom. The van der Waals surface area contributed by atoms with Crippen molar-refractivity contribution in [2.45, 2.75) is 25.8 Å². The molecule has 1 saturated heterocycles. The van der Waals surface area contributed by atoms with Crippen LogP contribution < -0.4 is 10.6 Å². The Balaban J connectivity index is 1.82. The lowest BCUT2D eigenvalue weighted by atomic mass is 10.2. The molecule has 1 aliphatic rings. The van der Waals surface area contributed by atoms with Gasteiger partial charge in [0.25, 0.3) is 0 Å². The number of hydrogen-bond donors (Lipinski definition) is 2. The predicted octanol–water partition coefficient (Wildman–Crippen LogP) is 0.149. The summed E-state index contributed by atoms with van der Waals surface area (Å²) in [7, 11) is 0. The standard InChI is InChI=1S/C14H21N3O3/c1-11(10-12-4-2-9-20-12)16-13(18)14(19)17-7-3-5-15-6-8-17/h2,4,9,11,15H,3,5-8,10H2,1H3,(H,16,18). The third-order valence-corrected chi connectivity index (χ3v) is 3.29. The van der Waals surface area contributed by atoms with E-state index in [1.54, 1.807) is 17.2 Å². The van der Waals surface area contributed by atoms with Crippen molar-refractivity contribution in [1.29, 1.82) is 0 Å². The van der Waals surface area contributed by atoms with Crippen LogP contribution in [0.5, 0.6) is 0 Å². The van der Waals surface area contributed by atoms with Crippen molar-refractivity contribution in [2.75, 3.05) is 26.2 Å². The van der Waals surface area contributed by atoms with Gasteiger partial charge in [-0.15, -0.1) is 0 Å². The Morgan fingerprint density at radius 1 is 1.45 bits per heavy atom. The summed E-state index contributed by atoms with van der Waals surface area (Å²) < 4.78 is 5.22. The van der Waals surface area contributed by atoms with Gasteiger partial charge in [0.2, 0.25) is 0 Å². The second kappa shape index (κ2) is 7.09. The Kier molecular flexibility index (Phi) is 5.17. The zero-order valence-corrected chi connectivity index (χ0v) is 11.7. The molecule has 0 saturated carbocycles. The fourth-order valence-corrected chi connectivity index (χ4v) is 2.26. The molecule has 1 unspecified atom stereocenters. The van der Waals surface area contributed by atoms with Gasteiger partial charge >= 0.3 is 11.8 Å². The molecule has 0 radical (unpaired) electrons. The highest BCUT2D eigenvalue weighted by atomic mass is 16.3. The van der Waals surface area contributed by atoms with E-state index in [4.69, 9.17) is 4.42 Å². The topological polar surface area (TPSA) is 74.6 Å². The summed E-state index contributed by atoms with van der Waals surface area (Å²) in [5.74, 6) is -0.185. The molecule has 2 amide bonds. The molecule has 110 valence electrons. The zero-order valence-electron chi connectivity index (χ0n) is 11.7. The van der Waals surface area contributed by atoms with Gasteiger partial charge in [-0.05, 0) is 32.0 Å². The van der Waals surface area contributed by atoms with Crippen LogP contribution >= 0.6 is 0 Å². The van der Waals surface area contributed by atoms with Crippen molar-refractivity contribution in [3.63, 3.8) is 0 Å². The molecular weight excluding hydrogens is 258 g/mol. The van der Waals surface area contributed by atoms with E-state index in [0.717, 1.165) is 25.3 Å². The van der Waals surface area contributed by atoms with E-state index in [1.165, 1.54) is 0 Å². The molecule has 0 bridgehead atoms. The van der Waals surface area contributed by atoms with Crippen LogP contribution in [0.25, 0.3) is 0 Å². The van der Waals surface area contributed by atoms with Crippen LogP contribution in [-0.4, -0.2) is 48.9 Å². The van der Waals surface area contributed by atoms with E-state index in [0.29, 0.717) is 19.5 Å². The van der Waals surface area contributed by atoms with E-state index in [1.807, 2.05) is 13.0 Å². The molecule has 1 aliphatic heterocycles. The van der Waals surface area contributed by atoms with Gasteiger partial charge in [-0.1, -0.05) is 0 Å². The first-order valence-corrected chi connectivity index (χ1v) is 6.99. The highest BCUT2D eigenvalue weighted by molar-refractivity contribution is 6.35. The van der Waals surface area contributed by atoms with Gasteiger partial charge in [-0.2, -0.15) is 0 Å². The van der Waals surface area contributed by atoms with Crippen LogP contribution in [0.15, 0.2) is 22.8 Å². The van der Waals surface area contributed by atoms with Gasteiger partial charge < -0.3 is 20.0 Å². The Hall–Kier alpha value is -1.82. The van der Waals surface area contributed by atoms with Crippen LogP contribution in [0.2, 0.25) is 0 Å². The van der Waals surface area contributed by atoms with Gasteiger partial charge in [0.15, 0.2) is 0 Å². The summed E-state index contributed by atoms with van der Waals surface area (Å²) in [6.07, 6.45) is 3.05. The number of nitrogens with one attached hydrogen (secondary N) is 2. The SMILES string of the molecule is CC(Cc1ccco1)NC(=O)C(=O)N1CCCNCC1. The number of carbonyl (C=O) groups excluding carboxylic acids is 2. The molecule has 0 spiro atoms. The van der Waals surface area contributed by atoms with Gasteiger partial charge in [-0.3, -0.25) is 9.59 Å². The van der Waals surface area contributed by atoms with Crippen molar-refractivity contribution in [3.05, 3.63) is 24.2 Å². The third kappa shape index (κ3) is 4.09. The molecule has 2 N–H and O–H groups in total. The molecule has 0 aromatic carbocycles. The second-order valence-electron chi connectivity index (χ2n) is 5.05. The third-order valence-electron chi connectivity index (χ3n) is 3.29. The van der Waals surface area contributed by atoms with Gasteiger partial charge in [0.05, 0.1) is 6.26 Å². The molecular formula is C14H21N3O3. The van der Waals surface area contributed by atoms with Crippen LogP contribution in [0.3, 0.4) is 0 Å². The molecule has 1 aromatic rings. The smallest absolute Gasteiger partial charge is 0.311 e. The highest BCUT2D eigenvalue weighted by Gasteiger charge is 2.23. The van der Waals surface area contributed by atoms with Gasteiger partial charge in [0, 0.05) is 32.1 Å². The van der Waals surface area contributed by atoms with Gasteiger partial charge in [-0.25, -0.2) is 0 Å². The lowest BCUT2D eigenvalue weighted by molar-refractivity contribution is -0.146. The molecule has 6 heteroatoms. The first kappa shape index (κ1) is 14.6. The quantitative estimate of drug-likeness (QED) is 0.772. The summed E-state index contributed by atoms with van der Waals surface area (Å²) in [5, 5.41) is 5.93. The monoisotopic (exact) mass is 279 g/mol. The number of hydrogen-bond acceptors (Lipinski definition) is 4. The molecule has 2 heterocycles. The summed E-state index contributed by atoms with van der Waals surface area (Å²) >= 11 is 0. The number of rotatable bonds is 3. The second-order valence-corrected chi connectivity index (χ2v) is 5.05. The minimum atomic E-state index is -0.536. The maximum Gasteiger partial charge on any atom is 0.311 e. The number of furan rings is 1. The van der Waals surface area contributed by atoms with E-state index in [9.17, 15) is 9.59 Å². The van der Waals surface area contributed by atoms with Crippen LogP contribution in [0.1, 0.15) is 19.1 Å². The van der Waals surface area contributed by atoms with Crippen LogP contribution in [-0.2, 0) is 16.0 Å². The lowest BCUT2D eigenvalue weighted by Crippen LogP contribution is -2.47. The average Bonchev–Trinajstić information content (AvgIpc) is 2.77. The van der Waals surface area contributed by atoms with Crippen molar-refractivity contribution < 1.29 is 14.0 Å². The predicted molar refractivity (Wildman–Crippen MR) is 74.1 cm³/mol. The van der Waals surface area contributed by atoms with E-state index >= 15 is 0 Å². The average molecular weight is 279 g/mol. The molecule has 20 heavy (non-hydrogen) atoms. The molecule has 1 aromatic heterocycles. The van der Waals surface area contributed by atoms with Crippen LogP contribution in [0, 0.1) is 0 Å². The fraction of sp³-hybridized carbons (Fsp3) is 0.571. The minimum Gasteiger partial charge on any atom is -0.469 e. The van der Waals surface area contributed by atoms with E-state index < -0.39 is 11.8 Å². The normalized spacial score (nSPS) is 17.4. The lowest BCUT2D eigenvalue weighted by Gasteiger charge is -2.20. The number of amides is 2. The Morgan fingerprint density at radius 3 is 3.05 bits per heavy atom. The maximum absolute atomic E-state index is 12.1. The fourth-order valence-electron chi connectivity index (χ4n) is 2.26. The first-order chi connectivity index (χ1) is 9.66. The molecule has 1 fully saturated rings. The van der Waals surface area contributed by atoms with Crippen molar-refractivity contribution in [1.82, 2.24) is 15.5 Å². The summed E-state index contributed by atoms with van der Waals surface area (Å²) in [4.78, 5) is 25.6. The molecule has 6 nitrogen and oxygen atoms in total. The van der Waals surface area contributed by atoms with Crippen molar-refractivity contribution >= 4 is 11.8 Å². The summed E-state index contributed by atoms with van der Waals surface area (Å²) in [5.41, 5.74) is 0. The highest BCUT2D eigenvalue weighted by Crippen LogP contribution is 2.04. The molecule has 1 atom stereocenters. The molecule has 2 rings (SSSR count). The van der Waals surface area contributed by atoms with Crippen LogP contribution in [0.4, 0.5) is 0 Å². The number of carbonyl (C=O) groups is 2. The van der Waals surface area contributed by atoms with E-state index in [-0.39, 0.29) is 6.04 Å². The van der Waals surface area contributed by atoms with Crippen molar-refractivity contribution in [3.8, 4) is 0 Å². The minimum absolute atomic E-state index is 0.136. The first-order valence-electron chi connectivity index (χ1n) is 6.99. The molecule has 0 aliphatic carbocycles. The Bertz CT molecular complexity index is 437. The van der Waals surface area contributed by atoms with Gasteiger partial charge in [0.1, 0.15) is 5.76 Å². The summed E-state index contributed by atoms with van der Waals surface area (Å²) in [6, 6.07) is 3.52. The van der Waals surface area contributed by atoms with E-state index in [2.05, 4.69) is 10.6 Å². The zero-order chi connectivity index (χ0) is 14.4. The number of nitrogens with zero attached hydrogens (tertiary/aromatic N) is 1. The largest absolute Gasteiger partial charge is 0.469 e. The Labute approximate surface area is 118 Å². The maximum atomic E-state index is 12.1.